The maximum atomic E-state index is 11.9. The summed E-state index contributed by atoms with van der Waals surface area (Å²) in [6.07, 6.45) is 17.0. The summed E-state index contributed by atoms with van der Waals surface area (Å²) in [6, 6.07) is 0. The Hall–Kier alpha value is -0.790. The number of rotatable bonds is 6. The number of esters is 1. The summed E-state index contributed by atoms with van der Waals surface area (Å²) < 4.78 is 5.21. The summed E-state index contributed by atoms with van der Waals surface area (Å²) >= 11 is 0. The number of hydrogen-bond donors (Lipinski definition) is 0. The Labute approximate surface area is 267 Å². The molecule has 0 bridgehead atoms. The minimum absolute atomic E-state index is 0.00207. The monoisotopic (exact) mass is 593 g/mol. The summed E-state index contributed by atoms with van der Waals surface area (Å²) in [6.45, 7) is 34.8. The molecule has 4 rings (SSSR count). The minimum atomic E-state index is -0.00207. The van der Waals surface area contributed by atoms with Gasteiger partial charge in [0.15, 0.2) is 0 Å². The van der Waals surface area contributed by atoms with Gasteiger partial charge < -0.3 is 4.74 Å². The lowest BCUT2D eigenvalue weighted by Gasteiger charge is -2.61. The molecule has 9 atom stereocenters. The average Bonchev–Trinajstić information content (AvgIpc) is 3.41. The predicted octanol–water partition coefficient (Wildman–Crippen LogP) is 13.3. The molecule has 4 fully saturated rings. The van der Waals surface area contributed by atoms with Crippen LogP contribution in [0.2, 0.25) is 0 Å². The van der Waals surface area contributed by atoms with E-state index in [1.54, 1.807) is 5.57 Å². The van der Waals surface area contributed by atoms with Crippen molar-refractivity contribution in [3.05, 3.63) is 11.6 Å². The first-order chi connectivity index (χ1) is 20.2. The van der Waals surface area contributed by atoms with Gasteiger partial charge in [0.1, 0.15) is 0 Å². The first kappa shape index (κ1) is 43.3. The largest absolute Gasteiger partial charge is 0.466 e. The van der Waals surface area contributed by atoms with Crippen molar-refractivity contribution in [1.82, 2.24) is 0 Å². The van der Waals surface area contributed by atoms with Crippen molar-refractivity contribution in [3.63, 3.8) is 0 Å². The quantitative estimate of drug-likeness (QED) is 0.226. The molecule has 0 aliphatic heterocycles. The summed E-state index contributed by atoms with van der Waals surface area (Å²) in [4.78, 5) is 11.9. The van der Waals surface area contributed by atoms with Crippen LogP contribution in [0, 0.1) is 52.3 Å². The second-order valence-electron chi connectivity index (χ2n) is 12.7. The van der Waals surface area contributed by atoms with Gasteiger partial charge in [0.25, 0.3) is 0 Å². The Kier molecular flexibility index (Phi) is 23.4. The highest BCUT2D eigenvalue weighted by molar-refractivity contribution is 5.69. The van der Waals surface area contributed by atoms with Crippen LogP contribution in [0.25, 0.3) is 0 Å². The molecule has 0 aromatic rings. The molecule has 4 aliphatic rings. The van der Waals surface area contributed by atoms with Gasteiger partial charge in [-0.1, -0.05) is 102 Å². The third-order valence-corrected chi connectivity index (χ3v) is 11.6. The van der Waals surface area contributed by atoms with E-state index in [9.17, 15) is 4.79 Å². The van der Waals surface area contributed by atoms with Crippen LogP contribution in [0.5, 0.6) is 0 Å². The Morgan fingerprint density at radius 1 is 0.810 bits per heavy atom. The van der Waals surface area contributed by atoms with Crippen LogP contribution < -0.4 is 0 Å². The van der Waals surface area contributed by atoms with E-state index >= 15 is 0 Å². The van der Waals surface area contributed by atoms with Crippen molar-refractivity contribution >= 4 is 5.97 Å². The van der Waals surface area contributed by atoms with Gasteiger partial charge in [-0.15, -0.1) is 0 Å². The molecule has 0 saturated heterocycles. The fourth-order valence-corrected chi connectivity index (χ4v) is 9.66. The number of carbonyl (C=O) groups is 1. The molecule has 252 valence electrons. The van der Waals surface area contributed by atoms with Gasteiger partial charge in [-0.05, 0) is 137 Å². The van der Waals surface area contributed by atoms with Gasteiger partial charge in [-0.3, -0.25) is 4.79 Å². The zero-order chi connectivity index (χ0) is 33.1. The number of carbonyl (C=O) groups excluding carboxylic acids is 1. The maximum absolute atomic E-state index is 11.9. The standard InChI is InChI=1S/C30H50O2.5C2H6/c1-7-20(3)22-15-17-29(5)23(19-22)10-11-24-26-13-12-25(30(26,6)18-16-27(24)29)21(4)9-14-28(31)32-8-2;5*1-2/h7,21-27H,8-19H2,1-6H3;5*1-2H3/b20-7-;;;;;/t21-,22?,23?,24?,25?,26?,27?,29?,30?;;;;;/m1...../s1. The molecule has 0 N–H and O–H groups in total. The zero-order valence-corrected chi connectivity index (χ0v) is 31.9. The van der Waals surface area contributed by atoms with Crippen LogP contribution in [0.3, 0.4) is 0 Å². The molecule has 0 aromatic heterocycles. The molecule has 0 aromatic carbocycles. The van der Waals surface area contributed by atoms with Crippen LogP contribution in [0.15, 0.2) is 11.6 Å². The number of allylic oxidation sites excluding steroid dienone is 2. The third kappa shape index (κ3) is 10.1. The molecule has 0 heterocycles. The number of fused-ring (bicyclic) bond motifs is 5. The molecule has 0 spiro atoms. The zero-order valence-electron chi connectivity index (χ0n) is 31.9. The molecule has 4 saturated carbocycles. The number of ether oxygens (including phenoxy) is 1. The Bertz CT molecular complexity index is 710. The molecule has 0 amide bonds. The van der Waals surface area contributed by atoms with Crippen molar-refractivity contribution in [1.29, 1.82) is 0 Å². The third-order valence-electron chi connectivity index (χ3n) is 11.6. The highest BCUT2D eigenvalue weighted by atomic mass is 16.5. The van der Waals surface area contributed by atoms with Crippen LogP contribution in [0.1, 0.15) is 181 Å². The van der Waals surface area contributed by atoms with E-state index in [2.05, 4.69) is 40.7 Å². The maximum Gasteiger partial charge on any atom is 0.305 e. The summed E-state index contributed by atoms with van der Waals surface area (Å²) in [5.74, 6) is 6.05. The van der Waals surface area contributed by atoms with E-state index in [0.717, 1.165) is 41.9 Å². The average molecular weight is 593 g/mol. The van der Waals surface area contributed by atoms with Gasteiger partial charge in [-0.2, -0.15) is 0 Å². The van der Waals surface area contributed by atoms with E-state index in [1.807, 2.05) is 76.2 Å². The molecular weight excluding hydrogens is 512 g/mol. The normalized spacial score (nSPS) is 34.9. The van der Waals surface area contributed by atoms with Crippen molar-refractivity contribution in [2.45, 2.75) is 181 Å². The van der Waals surface area contributed by atoms with Gasteiger partial charge in [-0.25, -0.2) is 0 Å². The van der Waals surface area contributed by atoms with Crippen LogP contribution in [-0.2, 0) is 9.53 Å². The van der Waals surface area contributed by atoms with Gasteiger partial charge in [0, 0.05) is 6.42 Å². The lowest BCUT2D eigenvalue weighted by Crippen LogP contribution is -2.53. The lowest BCUT2D eigenvalue weighted by molar-refractivity contribution is -0.143. The molecule has 4 aliphatic carbocycles. The Balaban J connectivity index is 0. The van der Waals surface area contributed by atoms with Crippen molar-refractivity contribution in [3.8, 4) is 0 Å². The first-order valence-corrected chi connectivity index (χ1v) is 19.0. The number of hydrogen-bond acceptors (Lipinski definition) is 2. The SMILES string of the molecule is C/C=C(/C)C1CCC2(C)C(CCC3C2CCC2(C)C3CCC2[C@H](C)CCC(=O)OCC)C1.CC.CC.CC.CC.CC. The second-order valence-corrected chi connectivity index (χ2v) is 12.7. The summed E-state index contributed by atoms with van der Waals surface area (Å²) in [5, 5.41) is 0. The van der Waals surface area contributed by atoms with Crippen molar-refractivity contribution in [2.24, 2.45) is 52.3 Å². The minimum Gasteiger partial charge on any atom is -0.466 e. The second kappa shape index (κ2) is 22.7. The van der Waals surface area contributed by atoms with E-state index in [4.69, 9.17) is 4.74 Å². The van der Waals surface area contributed by atoms with Crippen LogP contribution in [0.4, 0.5) is 0 Å². The summed E-state index contributed by atoms with van der Waals surface area (Å²) in [5.41, 5.74) is 2.72. The van der Waals surface area contributed by atoms with Gasteiger partial charge in [0.2, 0.25) is 0 Å². The fraction of sp³-hybridized carbons (Fsp3) is 0.925. The fourth-order valence-electron chi connectivity index (χ4n) is 9.66. The molecule has 2 heteroatoms. The molecule has 0 radical (unpaired) electrons. The van der Waals surface area contributed by atoms with E-state index < -0.39 is 0 Å². The van der Waals surface area contributed by atoms with Crippen LogP contribution in [-0.4, -0.2) is 12.6 Å². The predicted molar refractivity (Wildman–Crippen MR) is 190 cm³/mol. The van der Waals surface area contributed by atoms with E-state index in [0.29, 0.717) is 29.8 Å². The van der Waals surface area contributed by atoms with E-state index in [-0.39, 0.29) is 5.97 Å². The van der Waals surface area contributed by atoms with E-state index in [1.165, 1.54) is 57.8 Å². The van der Waals surface area contributed by atoms with Crippen molar-refractivity contribution < 1.29 is 9.53 Å². The molecule has 8 unspecified atom stereocenters. The highest BCUT2D eigenvalue weighted by Crippen LogP contribution is 2.68. The molecule has 42 heavy (non-hydrogen) atoms. The van der Waals surface area contributed by atoms with Gasteiger partial charge >= 0.3 is 5.97 Å². The first-order valence-electron chi connectivity index (χ1n) is 19.0. The van der Waals surface area contributed by atoms with Gasteiger partial charge in [0.05, 0.1) is 6.61 Å². The smallest absolute Gasteiger partial charge is 0.305 e. The molecule has 2 nitrogen and oxygen atoms in total. The Morgan fingerprint density at radius 2 is 1.36 bits per heavy atom. The highest BCUT2D eigenvalue weighted by Gasteiger charge is 2.60. The lowest BCUT2D eigenvalue weighted by atomic mass is 9.43. The molecular formula is C40H80O2. The van der Waals surface area contributed by atoms with Crippen LogP contribution >= 0.6 is 0 Å². The Morgan fingerprint density at radius 3 is 1.90 bits per heavy atom. The van der Waals surface area contributed by atoms with Crippen molar-refractivity contribution in [2.75, 3.05) is 6.61 Å². The summed E-state index contributed by atoms with van der Waals surface area (Å²) in [7, 11) is 0. The topological polar surface area (TPSA) is 26.3 Å².